The second-order valence-electron chi connectivity index (χ2n) is 6.89. The maximum atomic E-state index is 13.0. The van der Waals surface area contributed by atoms with E-state index in [1.807, 2.05) is 30.3 Å². The number of anilines is 3. The summed E-state index contributed by atoms with van der Waals surface area (Å²) in [6.07, 6.45) is 0. The zero-order chi connectivity index (χ0) is 21.8. The maximum Gasteiger partial charge on any atom is 0.261 e. The van der Waals surface area contributed by atoms with Crippen molar-refractivity contribution in [3.63, 3.8) is 0 Å². The normalized spacial score (nSPS) is 10.6. The molecule has 4 aromatic rings. The number of nitrogens with one attached hydrogen (secondary N) is 2. The number of nitrogen functional groups attached to an aromatic ring is 1. The highest BCUT2D eigenvalue weighted by Crippen LogP contribution is 2.27. The topological polar surface area (TPSA) is 106 Å². The molecule has 0 aliphatic heterocycles. The highest BCUT2D eigenvalue weighted by Gasteiger charge is 2.22. The highest BCUT2D eigenvalue weighted by atomic mass is 19.1. The summed E-state index contributed by atoms with van der Waals surface area (Å²) in [5.41, 5.74) is 8.88. The first-order valence-corrected chi connectivity index (χ1v) is 9.59. The number of rotatable bonds is 6. The number of pyridine rings is 1. The number of carbonyl (C=O) groups excluding carboxylic acids is 1. The fraction of sp³-hybridized carbons (Fsp3) is 0.0870. The Labute approximate surface area is 178 Å². The second-order valence-corrected chi connectivity index (χ2v) is 6.89. The summed E-state index contributed by atoms with van der Waals surface area (Å²) in [7, 11) is 0. The van der Waals surface area contributed by atoms with Crippen LogP contribution in [0.25, 0.3) is 11.3 Å². The summed E-state index contributed by atoms with van der Waals surface area (Å²) >= 11 is 0. The summed E-state index contributed by atoms with van der Waals surface area (Å²) in [5.74, 6) is 0.419. The third kappa shape index (κ3) is 4.53. The van der Waals surface area contributed by atoms with E-state index >= 15 is 0 Å². The lowest BCUT2D eigenvalue weighted by molar-refractivity contribution is 0.102. The SMILES string of the molecule is Cc1onc(-c2ccccc2)c1C(=O)Nc1ccc(NCc2ccc(F)cc2)nc1N. The fourth-order valence-electron chi connectivity index (χ4n) is 3.09. The van der Waals surface area contributed by atoms with E-state index in [1.54, 1.807) is 31.2 Å². The van der Waals surface area contributed by atoms with Crippen molar-refractivity contribution in [3.8, 4) is 11.3 Å². The molecule has 0 saturated heterocycles. The molecule has 0 fully saturated rings. The average Bonchev–Trinajstić information content (AvgIpc) is 3.17. The van der Waals surface area contributed by atoms with Gasteiger partial charge in [0, 0.05) is 12.1 Å². The van der Waals surface area contributed by atoms with E-state index in [1.165, 1.54) is 12.1 Å². The predicted octanol–water partition coefficient (Wildman–Crippen LogP) is 4.63. The molecule has 2 aromatic carbocycles. The first-order valence-electron chi connectivity index (χ1n) is 9.59. The van der Waals surface area contributed by atoms with Gasteiger partial charge in [-0.25, -0.2) is 9.37 Å². The van der Waals surface area contributed by atoms with E-state index < -0.39 is 5.91 Å². The van der Waals surface area contributed by atoms with E-state index in [9.17, 15) is 9.18 Å². The molecule has 0 unspecified atom stereocenters. The molecule has 4 N–H and O–H groups in total. The Morgan fingerprint density at radius 1 is 1.06 bits per heavy atom. The number of hydrogen-bond acceptors (Lipinski definition) is 6. The van der Waals surface area contributed by atoms with Gasteiger partial charge in [0.2, 0.25) is 0 Å². The lowest BCUT2D eigenvalue weighted by atomic mass is 10.1. The number of amides is 1. The largest absolute Gasteiger partial charge is 0.382 e. The lowest BCUT2D eigenvalue weighted by Gasteiger charge is -2.11. The number of benzene rings is 2. The van der Waals surface area contributed by atoms with Gasteiger partial charge >= 0.3 is 0 Å². The van der Waals surface area contributed by atoms with Gasteiger partial charge < -0.3 is 20.9 Å². The molecule has 31 heavy (non-hydrogen) atoms. The van der Waals surface area contributed by atoms with Gasteiger partial charge in [-0.3, -0.25) is 4.79 Å². The molecule has 4 rings (SSSR count). The van der Waals surface area contributed by atoms with Crippen LogP contribution < -0.4 is 16.4 Å². The van der Waals surface area contributed by atoms with E-state index in [4.69, 9.17) is 10.3 Å². The number of nitrogens with two attached hydrogens (primary N) is 1. The molecule has 0 aliphatic rings. The van der Waals surface area contributed by atoms with Crippen LogP contribution in [0, 0.1) is 12.7 Å². The summed E-state index contributed by atoms with van der Waals surface area (Å²) in [5, 5.41) is 9.92. The number of hydrogen-bond donors (Lipinski definition) is 3. The molecular formula is C23H20FN5O2. The van der Waals surface area contributed by atoms with Crippen molar-refractivity contribution in [2.75, 3.05) is 16.4 Å². The van der Waals surface area contributed by atoms with E-state index in [0.717, 1.165) is 11.1 Å². The molecule has 0 aliphatic carbocycles. The fourth-order valence-corrected chi connectivity index (χ4v) is 3.09. The number of aromatic nitrogens is 2. The Morgan fingerprint density at radius 2 is 1.81 bits per heavy atom. The summed E-state index contributed by atoms with van der Waals surface area (Å²) in [6, 6.07) is 18.8. The van der Waals surface area contributed by atoms with Crippen LogP contribution in [0.4, 0.5) is 21.7 Å². The van der Waals surface area contributed by atoms with Crippen LogP contribution in [0.1, 0.15) is 21.7 Å². The van der Waals surface area contributed by atoms with Crippen molar-refractivity contribution in [1.29, 1.82) is 0 Å². The van der Waals surface area contributed by atoms with Gasteiger partial charge in [-0.15, -0.1) is 0 Å². The molecule has 0 atom stereocenters. The minimum atomic E-state index is -0.391. The number of carbonyl (C=O) groups is 1. The summed E-state index contributed by atoms with van der Waals surface area (Å²) in [6.45, 7) is 2.14. The van der Waals surface area contributed by atoms with Crippen molar-refractivity contribution in [3.05, 3.63) is 89.4 Å². The van der Waals surface area contributed by atoms with E-state index in [2.05, 4.69) is 20.8 Å². The first-order chi connectivity index (χ1) is 15.0. The molecule has 2 aromatic heterocycles. The van der Waals surface area contributed by atoms with Crippen molar-refractivity contribution in [1.82, 2.24) is 10.1 Å². The van der Waals surface area contributed by atoms with Crippen LogP contribution in [-0.4, -0.2) is 16.0 Å². The molecule has 0 radical (unpaired) electrons. The van der Waals surface area contributed by atoms with Gasteiger partial charge in [0.05, 0.1) is 5.69 Å². The Morgan fingerprint density at radius 3 is 2.52 bits per heavy atom. The van der Waals surface area contributed by atoms with Gasteiger partial charge in [0.15, 0.2) is 0 Å². The molecular weight excluding hydrogens is 397 g/mol. The van der Waals surface area contributed by atoms with Crippen molar-refractivity contribution in [2.45, 2.75) is 13.5 Å². The van der Waals surface area contributed by atoms with Gasteiger partial charge in [-0.2, -0.15) is 0 Å². The van der Waals surface area contributed by atoms with Crippen LogP contribution in [0.5, 0.6) is 0 Å². The van der Waals surface area contributed by atoms with Crippen LogP contribution in [-0.2, 0) is 6.54 Å². The van der Waals surface area contributed by atoms with Crippen molar-refractivity contribution in [2.24, 2.45) is 0 Å². The van der Waals surface area contributed by atoms with Crippen LogP contribution >= 0.6 is 0 Å². The minimum absolute atomic E-state index is 0.160. The third-order valence-electron chi connectivity index (χ3n) is 4.70. The Hall–Kier alpha value is -4.20. The van der Waals surface area contributed by atoms with E-state index in [-0.39, 0.29) is 11.6 Å². The third-order valence-corrected chi connectivity index (χ3v) is 4.70. The van der Waals surface area contributed by atoms with Crippen molar-refractivity contribution >= 4 is 23.2 Å². The molecule has 8 heteroatoms. The molecule has 7 nitrogen and oxygen atoms in total. The molecule has 156 valence electrons. The minimum Gasteiger partial charge on any atom is -0.382 e. The zero-order valence-corrected chi connectivity index (χ0v) is 16.7. The maximum absolute atomic E-state index is 13.0. The standard InChI is InChI=1S/C23H20FN5O2/c1-14-20(21(29-31-14)16-5-3-2-4-6-16)23(30)27-18-11-12-19(28-22(18)25)26-13-15-7-9-17(24)10-8-15/h2-12H,13H2,1H3,(H,27,30)(H3,25,26,28). The van der Waals surface area contributed by atoms with E-state index in [0.29, 0.717) is 35.1 Å². The smallest absolute Gasteiger partial charge is 0.261 e. The van der Waals surface area contributed by atoms with Crippen LogP contribution in [0.15, 0.2) is 71.3 Å². The second kappa shape index (κ2) is 8.66. The first kappa shape index (κ1) is 20.1. The van der Waals surface area contributed by atoms with Gasteiger partial charge in [-0.05, 0) is 36.8 Å². The number of halogens is 1. The monoisotopic (exact) mass is 417 g/mol. The Kier molecular flexibility index (Phi) is 5.61. The quantitative estimate of drug-likeness (QED) is 0.422. The molecule has 0 saturated carbocycles. The number of aryl methyl sites for hydroxylation is 1. The summed E-state index contributed by atoms with van der Waals surface area (Å²) in [4.78, 5) is 17.2. The predicted molar refractivity (Wildman–Crippen MR) is 117 cm³/mol. The molecule has 2 heterocycles. The Balaban J connectivity index is 1.48. The van der Waals surface area contributed by atoms with Gasteiger partial charge in [0.25, 0.3) is 5.91 Å². The number of nitrogens with zero attached hydrogens (tertiary/aromatic N) is 2. The lowest BCUT2D eigenvalue weighted by Crippen LogP contribution is -2.15. The molecule has 0 bridgehead atoms. The average molecular weight is 417 g/mol. The van der Waals surface area contributed by atoms with Crippen LogP contribution in [0.3, 0.4) is 0 Å². The molecule has 0 spiro atoms. The van der Waals surface area contributed by atoms with Gasteiger partial charge in [-0.1, -0.05) is 47.6 Å². The van der Waals surface area contributed by atoms with Gasteiger partial charge in [0.1, 0.15) is 34.5 Å². The summed E-state index contributed by atoms with van der Waals surface area (Å²) < 4.78 is 18.3. The zero-order valence-electron chi connectivity index (χ0n) is 16.7. The van der Waals surface area contributed by atoms with Crippen molar-refractivity contribution < 1.29 is 13.7 Å². The molecule has 1 amide bonds. The van der Waals surface area contributed by atoms with Crippen LogP contribution in [0.2, 0.25) is 0 Å². The highest BCUT2D eigenvalue weighted by molar-refractivity contribution is 6.09. The Bertz CT molecular complexity index is 1210.